The number of nitrogens with zero attached hydrogens (tertiary/aromatic N) is 1. The van der Waals surface area contributed by atoms with Crippen LogP contribution < -0.4 is 5.32 Å². The van der Waals surface area contributed by atoms with Gasteiger partial charge in [0.1, 0.15) is 6.54 Å². The zero-order valence-corrected chi connectivity index (χ0v) is 17.8. The Hall–Kier alpha value is -2.37. The topological polar surface area (TPSA) is 75.7 Å². The summed E-state index contributed by atoms with van der Waals surface area (Å²) in [6, 6.07) is 7.74. The number of methoxy groups -OCH3 is 1. The van der Waals surface area contributed by atoms with Crippen LogP contribution in [0, 0.1) is 0 Å². The maximum atomic E-state index is 13.8. The normalized spacial score (nSPS) is 23.7. The molecule has 1 N–H and O–H groups in total. The fourth-order valence-electron chi connectivity index (χ4n) is 5.99. The molecule has 6 heteroatoms. The second-order valence-electron chi connectivity index (χ2n) is 8.95. The summed E-state index contributed by atoms with van der Waals surface area (Å²) in [5.74, 6) is -1.02. The van der Waals surface area contributed by atoms with Gasteiger partial charge >= 0.3 is 5.97 Å². The number of benzene rings is 1. The van der Waals surface area contributed by atoms with E-state index in [2.05, 4.69) is 10.2 Å². The Balaban J connectivity index is 1.79. The number of esters is 1. The summed E-state index contributed by atoms with van der Waals surface area (Å²) in [5, 5.41) is 2.80. The van der Waals surface area contributed by atoms with Gasteiger partial charge in [0.15, 0.2) is 0 Å². The predicted octanol–water partition coefficient (Wildman–Crippen LogP) is 3.55. The second-order valence-corrected chi connectivity index (χ2v) is 8.95. The second kappa shape index (κ2) is 8.78. The third-order valence-electron chi connectivity index (χ3n) is 7.29. The summed E-state index contributed by atoms with van der Waals surface area (Å²) in [6.45, 7) is -0.151. The van der Waals surface area contributed by atoms with Crippen LogP contribution in [0.2, 0.25) is 0 Å². The third-order valence-corrected chi connectivity index (χ3v) is 7.29. The van der Waals surface area contributed by atoms with Crippen LogP contribution in [-0.2, 0) is 14.3 Å². The van der Waals surface area contributed by atoms with Crippen LogP contribution in [0.25, 0.3) is 0 Å². The standard InChI is InChI=1S/C24H32N2O4/c1-30-20(27)16-25-22(28)21-18-12-6-7-13-19(18)23(29)26(17-10-4-2-5-11-17)24(21)14-8-3-9-15-24/h6-7,12-13,17,21H,2-5,8-11,14-16H2,1H3,(H,25,28). The van der Waals surface area contributed by atoms with Gasteiger partial charge in [0.25, 0.3) is 5.91 Å². The van der Waals surface area contributed by atoms with E-state index in [0.717, 1.165) is 63.4 Å². The first-order valence-corrected chi connectivity index (χ1v) is 11.4. The number of hydrogen-bond donors (Lipinski definition) is 1. The quantitative estimate of drug-likeness (QED) is 0.768. The van der Waals surface area contributed by atoms with Crippen molar-refractivity contribution in [2.24, 2.45) is 0 Å². The number of nitrogens with one attached hydrogen (secondary N) is 1. The van der Waals surface area contributed by atoms with E-state index >= 15 is 0 Å². The van der Waals surface area contributed by atoms with Crippen LogP contribution >= 0.6 is 0 Å². The molecule has 1 unspecified atom stereocenters. The van der Waals surface area contributed by atoms with Crippen LogP contribution in [0.5, 0.6) is 0 Å². The Kier molecular flexibility index (Phi) is 6.11. The zero-order chi connectivity index (χ0) is 21.1. The van der Waals surface area contributed by atoms with Gasteiger partial charge in [-0.05, 0) is 37.3 Å². The fraction of sp³-hybridized carbons (Fsp3) is 0.625. The van der Waals surface area contributed by atoms with Crippen LogP contribution in [0.1, 0.15) is 86.0 Å². The SMILES string of the molecule is COC(=O)CNC(=O)C1c2ccccc2C(=O)N(C2CCCCC2)C12CCCCC2. The van der Waals surface area contributed by atoms with E-state index in [4.69, 9.17) is 4.74 Å². The molecule has 6 nitrogen and oxygen atoms in total. The van der Waals surface area contributed by atoms with Crippen LogP contribution in [0.15, 0.2) is 24.3 Å². The van der Waals surface area contributed by atoms with E-state index in [1.807, 2.05) is 24.3 Å². The highest BCUT2D eigenvalue weighted by molar-refractivity contribution is 6.02. The van der Waals surface area contributed by atoms with E-state index in [-0.39, 0.29) is 24.4 Å². The van der Waals surface area contributed by atoms with E-state index in [1.54, 1.807) is 0 Å². The van der Waals surface area contributed by atoms with Crippen LogP contribution in [0.4, 0.5) is 0 Å². The van der Waals surface area contributed by atoms with Gasteiger partial charge in [0, 0.05) is 11.6 Å². The lowest BCUT2D eigenvalue weighted by Crippen LogP contribution is -2.65. The molecule has 2 saturated carbocycles. The van der Waals surface area contributed by atoms with E-state index < -0.39 is 17.4 Å². The highest BCUT2D eigenvalue weighted by Crippen LogP contribution is 2.51. The van der Waals surface area contributed by atoms with E-state index in [1.165, 1.54) is 13.5 Å². The van der Waals surface area contributed by atoms with Crippen molar-refractivity contribution in [2.45, 2.75) is 81.7 Å². The molecule has 162 valence electrons. The van der Waals surface area contributed by atoms with Crippen molar-refractivity contribution in [3.8, 4) is 0 Å². The Morgan fingerprint density at radius 3 is 2.43 bits per heavy atom. The van der Waals surface area contributed by atoms with Gasteiger partial charge in [-0.15, -0.1) is 0 Å². The largest absolute Gasteiger partial charge is 0.468 e. The molecule has 0 radical (unpaired) electrons. The minimum Gasteiger partial charge on any atom is -0.468 e. The molecule has 1 atom stereocenters. The van der Waals surface area contributed by atoms with Crippen LogP contribution in [-0.4, -0.2) is 47.9 Å². The number of carbonyl (C=O) groups is 3. The smallest absolute Gasteiger partial charge is 0.325 e. The van der Waals surface area contributed by atoms with Crippen LogP contribution in [0.3, 0.4) is 0 Å². The van der Waals surface area contributed by atoms with Gasteiger partial charge in [-0.25, -0.2) is 0 Å². The van der Waals surface area contributed by atoms with Gasteiger partial charge < -0.3 is 15.0 Å². The number of hydrogen-bond acceptors (Lipinski definition) is 4. The molecule has 30 heavy (non-hydrogen) atoms. The van der Waals surface area contributed by atoms with Crippen molar-refractivity contribution in [3.05, 3.63) is 35.4 Å². The van der Waals surface area contributed by atoms with Gasteiger partial charge in [-0.2, -0.15) is 0 Å². The molecule has 3 aliphatic rings. The summed E-state index contributed by atoms with van der Waals surface area (Å²) in [5.41, 5.74) is 0.933. The maximum absolute atomic E-state index is 13.8. The van der Waals surface area contributed by atoms with Crippen molar-refractivity contribution in [1.29, 1.82) is 0 Å². The highest BCUT2D eigenvalue weighted by Gasteiger charge is 2.56. The number of fused-ring (bicyclic) bond motifs is 1. The molecule has 0 aromatic heterocycles. The van der Waals surface area contributed by atoms with Crippen molar-refractivity contribution in [2.75, 3.05) is 13.7 Å². The molecule has 1 aliphatic heterocycles. The third kappa shape index (κ3) is 3.61. The van der Waals surface area contributed by atoms with Crippen molar-refractivity contribution < 1.29 is 19.1 Å². The van der Waals surface area contributed by atoms with Crippen molar-refractivity contribution in [1.82, 2.24) is 10.2 Å². The molecule has 4 rings (SSSR count). The Labute approximate surface area is 178 Å². The summed E-state index contributed by atoms with van der Waals surface area (Å²) in [4.78, 5) is 41.1. The number of ether oxygens (including phenoxy) is 1. The van der Waals surface area contributed by atoms with Crippen molar-refractivity contribution >= 4 is 17.8 Å². The average Bonchev–Trinajstić information content (AvgIpc) is 2.79. The summed E-state index contributed by atoms with van der Waals surface area (Å²) >= 11 is 0. The molecular formula is C24H32N2O4. The predicted molar refractivity (Wildman–Crippen MR) is 113 cm³/mol. The fourth-order valence-corrected chi connectivity index (χ4v) is 5.99. The van der Waals surface area contributed by atoms with Crippen molar-refractivity contribution in [3.63, 3.8) is 0 Å². The maximum Gasteiger partial charge on any atom is 0.325 e. The first-order valence-electron chi connectivity index (χ1n) is 11.4. The van der Waals surface area contributed by atoms with E-state index in [9.17, 15) is 14.4 Å². The zero-order valence-electron chi connectivity index (χ0n) is 17.8. The first kappa shape index (κ1) is 20.9. The van der Waals surface area contributed by atoms with Gasteiger partial charge in [-0.3, -0.25) is 14.4 Å². The average molecular weight is 413 g/mol. The number of carbonyl (C=O) groups excluding carboxylic acids is 3. The summed E-state index contributed by atoms with van der Waals surface area (Å²) < 4.78 is 4.71. The highest BCUT2D eigenvalue weighted by atomic mass is 16.5. The molecule has 2 fully saturated rings. The van der Waals surface area contributed by atoms with Gasteiger partial charge in [0.05, 0.1) is 18.6 Å². The minimum atomic E-state index is -0.508. The molecule has 0 bridgehead atoms. The lowest BCUT2D eigenvalue weighted by molar-refractivity contribution is -0.142. The molecule has 1 aromatic rings. The van der Waals surface area contributed by atoms with Gasteiger partial charge in [0.2, 0.25) is 5.91 Å². The molecule has 1 aromatic carbocycles. The monoisotopic (exact) mass is 412 g/mol. The Bertz CT molecular complexity index is 809. The Morgan fingerprint density at radius 1 is 1.07 bits per heavy atom. The lowest BCUT2D eigenvalue weighted by atomic mass is 9.64. The first-order chi connectivity index (χ1) is 14.6. The summed E-state index contributed by atoms with van der Waals surface area (Å²) in [6.07, 6.45) is 10.3. The van der Waals surface area contributed by atoms with Gasteiger partial charge in [-0.1, -0.05) is 56.7 Å². The molecule has 0 saturated heterocycles. The molecule has 2 amide bonds. The lowest BCUT2D eigenvalue weighted by Gasteiger charge is -2.57. The molecule has 2 aliphatic carbocycles. The Morgan fingerprint density at radius 2 is 1.73 bits per heavy atom. The molecule has 1 spiro atoms. The number of amides is 2. The molecular weight excluding hydrogens is 380 g/mol. The minimum absolute atomic E-state index is 0.0800. The number of rotatable bonds is 4. The molecule has 1 heterocycles. The van der Waals surface area contributed by atoms with E-state index in [0.29, 0.717) is 5.56 Å². The summed E-state index contributed by atoms with van der Waals surface area (Å²) in [7, 11) is 1.32.